The van der Waals surface area contributed by atoms with Crippen molar-refractivity contribution in [1.82, 2.24) is 19.1 Å². The molecule has 1 aliphatic heterocycles. The van der Waals surface area contributed by atoms with E-state index < -0.39 is 75.9 Å². The molecule has 17 heteroatoms. The Labute approximate surface area is 221 Å². The highest BCUT2D eigenvalue weighted by Gasteiger charge is 2.39. The lowest BCUT2D eigenvalue weighted by Gasteiger charge is -2.31. The highest BCUT2D eigenvalue weighted by molar-refractivity contribution is 7.89. The molecule has 0 unspecified atom stereocenters. The van der Waals surface area contributed by atoms with E-state index in [4.69, 9.17) is 27.9 Å². The molecule has 2 aromatic carbocycles. The van der Waals surface area contributed by atoms with Gasteiger partial charge >= 0.3 is 5.69 Å². The first kappa shape index (κ1) is 27.9. The number of aromatic nitrogens is 3. The molecule has 0 saturated carbocycles. The van der Waals surface area contributed by atoms with Gasteiger partial charge in [-0.1, -0.05) is 23.2 Å². The molecule has 0 amide bonds. The Bertz CT molecular complexity index is 1600. The molecule has 2 heterocycles. The van der Waals surface area contributed by atoms with E-state index in [1.54, 1.807) is 4.98 Å². The maximum absolute atomic E-state index is 13.5. The molecule has 0 radical (unpaired) electrons. The minimum atomic E-state index is -4.37. The van der Waals surface area contributed by atoms with Gasteiger partial charge in [-0.05, 0) is 24.3 Å². The maximum Gasteiger partial charge on any atom is 0.349 e. The summed E-state index contributed by atoms with van der Waals surface area (Å²) in [5.41, 5.74) is -3.93. The highest BCUT2D eigenvalue weighted by atomic mass is 35.5. The van der Waals surface area contributed by atoms with E-state index in [9.17, 15) is 40.7 Å². The quantitative estimate of drug-likeness (QED) is 0.408. The summed E-state index contributed by atoms with van der Waals surface area (Å²) in [6.07, 6.45) is -4.62. The molecular weight excluding hydrogens is 583 g/mol. The number of hydrogen-bond acceptors (Lipinski definition) is 7. The largest absolute Gasteiger partial charge is 0.507 e. The average Bonchev–Trinajstić information content (AvgIpc) is 2.81. The van der Waals surface area contributed by atoms with Crippen LogP contribution in [-0.2, 0) is 10.0 Å². The number of rotatable bonds is 6. The number of halogens is 6. The molecule has 1 aliphatic rings. The van der Waals surface area contributed by atoms with Crippen molar-refractivity contribution in [3.05, 3.63) is 66.9 Å². The topological polar surface area (TPSA) is 135 Å². The normalized spacial score (nSPS) is 16.1. The lowest BCUT2D eigenvalue weighted by Crippen LogP contribution is -2.42. The van der Waals surface area contributed by atoms with Crippen LogP contribution in [0.3, 0.4) is 0 Å². The van der Waals surface area contributed by atoms with Crippen LogP contribution in [0.2, 0.25) is 10.0 Å². The summed E-state index contributed by atoms with van der Waals surface area (Å²) >= 11 is 12.4. The Morgan fingerprint density at radius 3 is 2.26 bits per heavy atom. The maximum atomic E-state index is 13.5. The molecule has 0 aliphatic carbocycles. The number of piperidine rings is 1. The average molecular weight is 599 g/mol. The predicted molar refractivity (Wildman–Crippen MR) is 127 cm³/mol. The van der Waals surface area contributed by atoms with Crippen molar-refractivity contribution >= 4 is 33.2 Å². The van der Waals surface area contributed by atoms with Gasteiger partial charge in [0.1, 0.15) is 16.4 Å². The molecule has 1 saturated heterocycles. The van der Waals surface area contributed by atoms with Gasteiger partial charge in [-0.15, -0.1) is 0 Å². The smallest absolute Gasteiger partial charge is 0.349 e. The third-order valence-electron chi connectivity index (χ3n) is 5.51. The monoisotopic (exact) mass is 598 g/mol. The van der Waals surface area contributed by atoms with Crippen LogP contribution in [0.4, 0.5) is 17.6 Å². The predicted octanol–water partition coefficient (Wildman–Crippen LogP) is 4.08. The van der Waals surface area contributed by atoms with Gasteiger partial charge < -0.3 is 9.84 Å². The second kappa shape index (κ2) is 10.2. The van der Waals surface area contributed by atoms with Crippen molar-refractivity contribution in [3.8, 4) is 22.9 Å². The Morgan fingerprint density at radius 1 is 1.08 bits per heavy atom. The zero-order valence-corrected chi connectivity index (χ0v) is 21.1. The van der Waals surface area contributed by atoms with E-state index in [0.717, 1.165) is 28.6 Å². The van der Waals surface area contributed by atoms with Gasteiger partial charge in [-0.2, -0.15) is 14.1 Å². The van der Waals surface area contributed by atoms with Crippen LogP contribution in [0.15, 0.2) is 44.8 Å². The van der Waals surface area contributed by atoms with Gasteiger partial charge in [0, 0.05) is 32.0 Å². The van der Waals surface area contributed by atoms with Gasteiger partial charge in [-0.25, -0.2) is 30.8 Å². The SMILES string of the molecule is O=c1[nH]c(=O)n(-c2cc(Cl)c(Oc3ccc(O)c(S(=O)(=O)N4CCC(F)(F)CC4)c3)c(Cl)c2)nc1C(F)F. The number of nitrogens with zero attached hydrogens (tertiary/aromatic N) is 3. The summed E-state index contributed by atoms with van der Waals surface area (Å²) in [5, 5.41) is 13.0. The third kappa shape index (κ3) is 5.50. The number of aromatic amines is 1. The molecule has 38 heavy (non-hydrogen) atoms. The molecule has 0 spiro atoms. The molecule has 10 nitrogen and oxygen atoms in total. The van der Waals surface area contributed by atoms with Crippen LogP contribution >= 0.6 is 23.2 Å². The van der Waals surface area contributed by atoms with Crippen molar-refractivity contribution in [2.24, 2.45) is 0 Å². The Morgan fingerprint density at radius 2 is 1.68 bits per heavy atom. The Kier molecular flexibility index (Phi) is 7.49. The van der Waals surface area contributed by atoms with Crippen molar-refractivity contribution in [1.29, 1.82) is 0 Å². The Hall–Kier alpha value is -3.14. The van der Waals surface area contributed by atoms with E-state index >= 15 is 0 Å². The summed E-state index contributed by atoms with van der Waals surface area (Å²) in [5.74, 6) is -4.05. The fourth-order valence-corrected chi connectivity index (χ4v) is 5.66. The van der Waals surface area contributed by atoms with Crippen molar-refractivity contribution in [2.45, 2.75) is 30.1 Å². The van der Waals surface area contributed by atoms with Crippen molar-refractivity contribution in [2.75, 3.05) is 13.1 Å². The molecule has 2 N–H and O–H groups in total. The number of hydrogen-bond donors (Lipinski definition) is 2. The number of sulfonamides is 1. The van der Waals surface area contributed by atoms with E-state index in [1.807, 2.05) is 0 Å². The van der Waals surface area contributed by atoms with Crippen molar-refractivity contribution in [3.63, 3.8) is 0 Å². The number of nitrogens with one attached hydrogen (secondary N) is 1. The van der Waals surface area contributed by atoms with Crippen molar-refractivity contribution < 1.29 is 35.8 Å². The van der Waals surface area contributed by atoms with E-state index in [1.165, 1.54) is 6.07 Å². The minimum Gasteiger partial charge on any atom is -0.507 e. The van der Waals surface area contributed by atoms with E-state index in [2.05, 4.69) is 5.10 Å². The second-order valence-corrected chi connectivity index (χ2v) is 10.8. The van der Waals surface area contributed by atoms with E-state index in [0.29, 0.717) is 4.68 Å². The standard InChI is InChI=1S/C21H16Cl2F4N4O6S/c22-12-7-10(31-20(34)28-19(33)16(29-31)18(24)25)8-13(23)17(12)37-11-1-2-14(32)15(9-11)38(35,36)30-5-3-21(26,27)4-6-30/h1-2,7-9,18,32H,3-6H2,(H,28,33,34). The van der Waals surface area contributed by atoms with Gasteiger partial charge in [0.05, 0.1) is 15.7 Å². The lowest BCUT2D eigenvalue weighted by atomic mass is 10.1. The summed E-state index contributed by atoms with van der Waals surface area (Å²) in [6.45, 7) is -0.908. The first-order chi connectivity index (χ1) is 17.7. The molecule has 3 aromatic rings. The van der Waals surface area contributed by atoms with Gasteiger partial charge in [0.2, 0.25) is 10.0 Å². The number of alkyl halides is 4. The molecule has 1 aromatic heterocycles. The van der Waals surface area contributed by atoms with Crippen LogP contribution in [0.1, 0.15) is 25.0 Å². The molecule has 1 fully saturated rings. The van der Waals surface area contributed by atoms with Crippen LogP contribution in [0.25, 0.3) is 5.69 Å². The number of aromatic hydroxyl groups is 1. The fraction of sp³-hybridized carbons (Fsp3) is 0.286. The van der Waals surface area contributed by atoms with Crippen LogP contribution < -0.4 is 16.0 Å². The molecular formula is C21H16Cl2F4N4O6S. The molecule has 204 valence electrons. The fourth-order valence-electron chi connectivity index (χ4n) is 3.57. The van der Waals surface area contributed by atoms with E-state index in [-0.39, 0.29) is 27.2 Å². The third-order valence-corrected chi connectivity index (χ3v) is 8.00. The number of ether oxygens (including phenoxy) is 1. The summed E-state index contributed by atoms with van der Waals surface area (Å²) < 4.78 is 85.9. The van der Waals surface area contributed by atoms with Gasteiger partial charge in [-0.3, -0.25) is 9.78 Å². The highest BCUT2D eigenvalue weighted by Crippen LogP contribution is 2.40. The number of H-pyrrole nitrogens is 1. The first-order valence-electron chi connectivity index (χ1n) is 10.6. The van der Waals surface area contributed by atoms with Crippen LogP contribution in [-0.4, -0.2) is 51.6 Å². The zero-order chi connectivity index (χ0) is 28.0. The Balaban J connectivity index is 1.67. The number of benzene rings is 2. The first-order valence-corrected chi connectivity index (χ1v) is 12.8. The minimum absolute atomic E-state index is 0.167. The molecule has 0 atom stereocenters. The molecule has 4 rings (SSSR count). The summed E-state index contributed by atoms with van der Waals surface area (Å²) in [4.78, 5) is 24.7. The van der Waals surface area contributed by atoms with Gasteiger partial charge in [0.25, 0.3) is 17.9 Å². The number of phenols is 1. The lowest BCUT2D eigenvalue weighted by molar-refractivity contribution is -0.0412. The summed E-state index contributed by atoms with van der Waals surface area (Å²) in [7, 11) is -4.37. The van der Waals surface area contributed by atoms with Crippen LogP contribution in [0, 0.1) is 0 Å². The second-order valence-electron chi connectivity index (χ2n) is 8.09. The summed E-state index contributed by atoms with van der Waals surface area (Å²) in [6, 6.07) is 5.27. The number of phenolic OH excluding ortho intramolecular Hbond substituents is 1. The van der Waals surface area contributed by atoms with Crippen LogP contribution in [0.5, 0.6) is 17.2 Å². The molecule has 0 bridgehead atoms. The van der Waals surface area contributed by atoms with Gasteiger partial charge in [0.15, 0.2) is 11.4 Å². The zero-order valence-electron chi connectivity index (χ0n) is 18.8.